The topological polar surface area (TPSA) is 74.8 Å². The summed E-state index contributed by atoms with van der Waals surface area (Å²) in [5, 5.41) is 10.3. The molecular weight excluding hydrogens is 206 g/mol. The van der Waals surface area contributed by atoms with E-state index in [2.05, 4.69) is 15.5 Å². The van der Waals surface area contributed by atoms with E-state index in [1.54, 1.807) is 12.3 Å². The third-order valence-corrected chi connectivity index (χ3v) is 2.16. The summed E-state index contributed by atoms with van der Waals surface area (Å²) in [5.41, 5.74) is 1.40. The van der Waals surface area contributed by atoms with Gasteiger partial charge in [-0.05, 0) is 13.0 Å². The fraction of sp³-hybridized carbons (Fsp3) is 0.182. The summed E-state index contributed by atoms with van der Waals surface area (Å²) in [6, 6.07) is 5.47. The monoisotopic (exact) mass is 217 g/mol. The van der Waals surface area contributed by atoms with Crippen LogP contribution < -0.4 is 5.32 Å². The Morgan fingerprint density at radius 3 is 3.00 bits per heavy atom. The number of carbonyl (C=O) groups excluding carboxylic acids is 2. The van der Waals surface area contributed by atoms with Crippen LogP contribution in [-0.4, -0.2) is 21.9 Å². The Bertz CT molecular complexity index is 545. The van der Waals surface area contributed by atoms with Gasteiger partial charge in [-0.2, -0.15) is 5.10 Å². The van der Waals surface area contributed by atoms with E-state index < -0.39 is 0 Å². The molecule has 0 saturated carbocycles. The van der Waals surface area contributed by atoms with Crippen molar-refractivity contribution in [2.75, 3.05) is 5.32 Å². The number of benzene rings is 1. The Morgan fingerprint density at radius 1 is 1.44 bits per heavy atom. The van der Waals surface area contributed by atoms with Gasteiger partial charge in [0.15, 0.2) is 0 Å². The number of amides is 1. The summed E-state index contributed by atoms with van der Waals surface area (Å²) in [5.74, 6) is -0.469. The minimum atomic E-state index is -0.311. The fourth-order valence-corrected chi connectivity index (χ4v) is 1.49. The normalized spacial score (nSPS) is 10.3. The molecule has 2 aromatic rings. The van der Waals surface area contributed by atoms with Gasteiger partial charge in [0.2, 0.25) is 5.91 Å². The Labute approximate surface area is 91.8 Å². The van der Waals surface area contributed by atoms with E-state index in [0.717, 1.165) is 10.9 Å². The average Bonchev–Trinajstić information content (AvgIpc) is 2.65. The highest BCUT2D eigenvalue weighted by Gasteiger charge is 2.08. The number of hydrogen-bond acceptors (Lipinski definition) is 3. The van der Waals surface area contributed by atoms with Gasteiger partial charge in [0.1, 0.15) is 5.78 Å². The van der Waals surface area contributed by atoms with E-state index in [1.165, 1.54) is 6.92 Å². The first kappa shape index (κ1) is 10.4. The first-order valence-electron chi connectivity index (χ1n) is 4.88. The van der Waals surface area contributed by atoms with Crippen molar-refractivity contribution < 1.29 is 9.59 Å². The van der Waals surface area contributed by atoms with Gasteiger partial charge in [0, 0.05) is 5.39 Å². The number of aromatic nitrogens is 2. The summed E-state index contributed by atoms with van der Waals surface area (Å²) in [6.45, 7) is 1.39. The number of rotatable bonds is 3. The van der Waals surface area contributed by atoms with Crippen LogP contribution in [-0.2, 0) is 9.59 Å². The minimum absolute atomic E-state index is 0.107. The van der Waals surface area contributed by atoms with Crippen molar-refractivity contribution in [1.82, 2.24) is 10.2 Å². The molecule has 2 N–H and O–H groups in total. The van der Waals surface area contributed by atoms with E-state index in [4.69, 9.17) is 0 Å². The lowest BCUT2D eigenvalue weighted by Gasteiger charge is -2.04. The first-order valence-corrected chi connectivity index (χ1v) is 4.88. The molecule has 0 aliphatic carbocycles. The van der Waals surface area contributed by atoms with E-state index >= 15 is 0 Å². The summed E-state index contributed by atoms with van der Waals surface area (Å²) < 4.78 is 0. The standard InChI is InChI=1S/C11H11N3O2/c1-7(15)5-10(16)13-9-4-2-3-8-6-12-14-11(8)9/h2-4,6H,5H2,1H3,(H,12,14)(H,13,16). The van der Waals surface area contributed by atoms with Crippen LogP contribution in [0.5, 0.6) is 0 Å². The van der Waals surface area contributed by atoms with Crippen molar-refractivity contribution in [3.63, 3.8) is 0 Å². The van der Waals surface area contributed by atoms with Crippen LogP contribution in [0, 0.1) is 0 Å². The Morgan fingerprint density at radius 2 is 2.25 bits per heavy atom. The lowest BCUT2D eigenvalue weighted by molar-refractivity contribution is -0.124. The number of ketones is 1. The number of para-hydroxylation sites is 1. The van der Waals surface area contributed by atoms with Crippen LogP contribution in [0.3, 0.4) is 0 Å². The van der Waals surface area contributed by atoms with Crippen LogP contribution in [0.2, 0.25) is 0 Å². The summed E-state index contributed by atoms with van der Waals surface area (Å²) in [6.07, 6.45) is 1.57. The van der Waals surface area contributed by atoms with Crippen LogP contribution in [0.1, 0.15) is 13.3 Å². The molecule has 0 aliphatic rings. The molecule has 1 aromatic heterocycles. The largest absolute Gasteiger partial charge is 0.324 e. The number of fused-ring (bicyclic) bond motifs is 1. The van der Waals surface area contributed by atoms with Gasteiger partial charge in [-0.3, -0.25) is 14.7 Å². The van der Waals surface area contributed by atoms with Crippen molar-refractivity contribution in [1.29, 1.82) is 0 Å². The quantitative estimate of drug-likeness (QED) is 0.764. The SMILES string of the molecule is CC(=O)CC(=O)Nc1cccc2cn[nH]c12. The van der Waals surface area contributed by atoms with Gasteiger partial charge in [0.25, 0.3) is 0 Å². The second kappa shape index (κ2) is 4.14. The minimum Gasteiger partial charge on any atom is -0.324 e. The molecule has 0 unspecified atom stereocenters. The maximum atomic E-state index is 11.4. The molecule has 0 atom stereocenters. The number of hydrogen-bond donors (Lipinski definition) is 2. The molecule has 1 heterocycles. The van der Waals surface area contributed by atoms with Crippen molar-refractivity contribution in [2.24, 2.45) is 0 Å². The van der Waals surface area contributed by atoms with Crippen LogP contribution in [0.25, 0.3) is 10.9 Å². The zero-order chi connectivity index (χ0) is 11.5. The van der Waals surface area contributed by atoms with Gasteiger partial charge in [-0.15, -0.1) is 0 Å². The molecule has 5 nitrogen and oxygen atoms in total. The summed E-state index contributed by atoms with van der Waals surface area (Å²) in [7, 11) is 0. The molecule has 82 valence electrons. The lowest BCUT2D eigenvalue weighted by atomic mass is 10.2. The van der Waals surface area contributed by atoms with E-state index in [9.17, 15) is 9.59 Å². The lowest BCUT2D eigenvalue weighted by Crippen LogP contribution is -2.14. The third-order valence-electron chi connectivity index (χ3n) is 2.16. The van der Waals surface area contributed by atoms with E-state index in [1.807, 2.05) is 12.1 Å². The predicted molar refractivity (Wildman–Crippen MR) is 60.0 cm³/mol. The third kappa shape index (κ3) is 2.08. The van der Waals surface area contributed by atoms with Gasteiger partial charge < -0.3 is 5.32 Å². The highest BCUT2D eigenvalue weighted by molar-refractivity contribution is 6.06. The van der Waals surface area contributed by atoms with Crippen LogP contribution >= 0.6 is 0 Å². The van der Waals surface area contributed by atoms with Crippen molar-refractivity contribution in [3.8, 4) is 0 Å². The smallest absolute Gasteiger partial charge is 0.231 e. The molecular formula is C11H11N3O2. The second-order valence-corrected chi connectivity index (χ2v) is 3.57. The van der Waals surface area contributed by atoms with E-state index in [0.29, 0.717) is 5.69 Å². The van der Waals surface area contributed by atoms with Crippen molar-refractivity contribution >= 4 is 28.3 Å². The van der Waals surface area contributed by atoms with Crippen LogP contribution in [0.4, 0.5) is 5.69 Å². The van der Waals surface area contributed by atoms with Gasteiger partial charge in [-0.25, -0.2) is 0 Å². The molecule has 0 fully saturated rings. The Hall–Kier alpha value is -2.17. The van der Waals surface area contributed by atoms with Crippen LogP contribution in [0.15, 0.2) is 24.4 Å². The zero-order valence-electron chi connectivity index (χ0n) is 8.78. The van der Waals surface area contributed by atoms with E-state index in [-0.39, 0.29) is 18.1 Å². The second-order valence-electron chi connectivity index (χ2n) is 3.57. The predicted octanol–water partition coefficient (Wildman–Crippen LogP) is 1.48. The highest BCUT2D eigenvalue weighted by Crippen LogP contribution is 2.20. The molecule has 0 spiro atoms. The average molecular weight is 217 g/mol. The fourth-order valence-electron chi connectivity index (χ4n) is 1.49. The number of anilines is 1. The molecule has 16 heavy (non-hydrogen) atoms. The maximum Gasteiger partial charge on any atom is 0.231 e. The molecule has 0 aliphatic heterocycles. The van der Waals surface area contributed by atoms with Crippen molar-refractivity contribution in [3.05, 3.63) is 24.4 Å². The Balaban J connectivity index is 2.24. The number of aromatic amines is 1. The zero-order valence-corrected chi connectivity index (χ0v) is 8.78. The molecule has 0 bridgehead atoms. The van der Waals surface area contributed by atoms with Gasteiger partial charge in [0.05, 0.1) is 23.8 Å². The maximum absolute atomic E-state index is 11.4. The molecule has 0 radical (unpaired) electrons. The molecule has 0 saturated heterocycles. The summed E-state index contributed by atoms with van der Waals surface area (Å²) in [4.78, 5) is 22.2. The van der Waals surface area contributed by atoms with Gasteiger partial charge >= 0.3 is 0 Å². The first-order chi connectivity index (χ1) is 7.66. The number of H-pyrrole nitrogens is 1. The van der Waals surface area contributed by atoms with Gasteiger partial charge in [-0.1, -0.05) is 12.1 Å². The van der Waals surface area contributed by atoms with Crippen molar-refractivity contribution in [2.45, 2.75) is 13.3 Å². The number of nitrogens with zero attached hydrogens (tertiary/aromatic N) is 1. The molecule has 2 rings (SSSR count). The number of Topliss-reactive ketones (excluding diaryl/α,β-unsaturated/α-hetero) is 1. The number of carbonyl (C=O) groups is 2. The molecule has 5 heteroatoms. The molecule has 1 aromatic carbocycles. The highest BCUT2D eigenvalue weighted by atomic mass is 16.2. The number of nitrogens with one attached hydrogen (secondary N) is 2. The summed E-state index contributed by atoms with van der Waals surface area (Å²) >= 11 is 0. The molecule has 1 amide bonds. The Kier molecular flexibility index (Phi) is 2.68.